The Morgan fingerprint density at radius 3 is 2.67 bits per heavy atom. The predicted octanol–water partition coefficient (Wildman–Crippen LogP) is 1.96. The third kappa shape index (κ3) is 3.69. The minimum Gasteiger partial charge on any atom is -0.761 e. The van der Waals surface area contributed by atoms with Crippen molar-refractivity contribution in [2.24, 2.45) is 0 Å². The van der Waals surface area contributed by atoms with Crippen LogP contribution in [0.5, 0.6) is 0 Å². The maximum absolute atomic E-state index is 11.9. The van der Waals surface area contributed by atoms with Gasteiger partial charge in [0.25, 0.3) is 0 Å². The molecule has 1 aromatic carbocycles. The summed E-state index contributed by atoms with van der Waals surface area (Å²) in [6.07, 6.45) is 4.01. The van der Waals surface area contributed by atoms with Gasteiger partial charge in [-0.1, -0.05) is 25.0 Å². The molecule has 6 heteroatoms. The highest BCUT2D eigenvalue weighted by Gasteiger charge is 2.21. The molecule has 0 aromatic heterocycles. The van der Waals surface area contributed by atoms with Crippen molar-refractivity contribution in [2.75, 3.05) is 5.48 Å². The van der Waals surface area contributed by atoms with E-state index in [2.05, 4.69) is 4.72 Å². The molecule has 2 rings (SSSR count). The lowest BCUT2D eigenvalue weighted by molar-refractivity contribution is 0.551. The number of hydrogen-bond donors (Lipinski definition) is 2. The molecule has 0 bridgehead atoms. The molecule has 1 aliphatic rings. The highest BCUT2D eigenvalue weighted by molar-refractivity contribution is 7.88. The first-order chi connectivity index (χ1) is 8.59. The summed E-state index contributed by atoms with van der Waals surface area (Å²) < 4.78 is 26.6. The molecule has 0 aliphatic heterocycles. The van der Waals surface area contributed by atoms with Gasteiger partial charge in [-0.2, -0.15) is 0 Å². The predicted molar refractivity (Wildman–Crippen MR) is 71.4 cm³/mol. The van der Waals surface area contributed by atoms with Crippen molar-refractivity contribution in [2.45, 2.75) is 37.5 Å². The van der Waals surface area contributed by atoms with E-state index in [1.165, 1.54) is 0 Å². The van der Waals surface area contributed by atoms with Crippen molar-refractivity contribution >= 4 is 15.7 Å². The van der Waals surface area contributed by atoms with Crippen molar-refractivity contribution in [3.63, 3.8) is 0 Å². The van der Waals surface area contributed by atoms with E-state index >= 15 is 0 Å². The maximum Gasteiger partial charge on any atom is 0.216 e. The molecular weight excluding hydrogens is 252 g/mol. The molecule has 0 amide bonds. The normalized spacial score (nSPS) is 16.9. The van der Waals surface area contributed by atoms with Crippen molar-refractivity contribution < 1.29 is 8.42 Å². The van der Waals surface area contributed by atoms with Crippen molar-refractivity contribution in [1.82, 2.24) is 4.72 Å². The molecule has 2 N–H and O–H groups in total. The van der Waals surface area contributed by atoms with E-state index in [0.29, 0.717) is 11.3 Å². The van der Waals surface area contributed by atoms with Crippen LogP contribution in [0, 0.1) is 5.21 Å². The first kappa shape index (κ1) is 13.3. The Balaban J connectivity index is 2.02. The van der Waals surface area contributed by atoms with Crippen molar-refractivity contribution in [3.05, 3.63) is 35.0 Å². The summed E-state index contributed by atoms with van der Waals surface area (Å²) in [7, 11) is -3.32. The number of anilines is 1. The topological polar surface area (TPSA) is 81.3 Å². The van der Waals surface area contributed by atoms with Crippen LogP contribution in [0.1, 0.15) is 31.2 Å². The molecule has 0 radical (unpaired) electrons. The van der Waals surface area contributed by atoms with Gasteiger partial charge < -0.3 is 10.7 Å². The van der Waals surface area contributed by atoms with Gasteiger partial charge >= 0.3 is 0 Å². The van der Waals surface area contributed by atoms with E-state index in [4.69, 9.17) is 0 Å². The summed E-state index contributed by atoms with van der Waals surface area (Å²) >= 11 is 0. The zero-order valence-electron chi connectivity index (χ0n) is 10.1. The fourth-order valence-corrected chi connectivity index (χ4v) is 3.73. The van der Waals surface area contributed by atoms with Gasteiger partial charge in [-0.25, -0.2) is 13.1 Å². The summed E-state index contributed by atoms with van der Waals surface area (Å²) in [5.41, 5.74) is 2.75. The van der Waals surface area contributed by atoms with Crippen LogP contribution in [0.2, 0.25) is 0 Å². The minimum atomic E-state index is -3.32. The van der Waals surface area contributed by atoms with Crippen LogP contribution in [-0.4, -0.2) is 14.5 Å². The third-order valence-corrected chi connectivity index (χ3v) is 4.51. The van der Waals surface area contributed by atoms with Crippen molar-refractivity contribution in [3.8, 4) is 0 Å². The Bertz CT molecular complexity index is 496. The molecule has 1 aliphatic carbocycles. The van der Waals surface area contributed by atoms with E-state index in [1.54, 1.807) is 29.7 Å². The van der Waals surface area contributed by atoms with Gasteiger partial charge in [0.2, 0.25) is 10.0 Å². The molecule has 1 aromatic rings. The van der Waals surface area contributed by atoms with Crippen LogP contribution >= 0.6 is 0 Å². The average molecular weight is 269 g/mol. The van der Waals surface area contributed by atoms with Crippen LogP contribution in [0.4, 0.5) is 5.69 Å². The van der Waals surface area contributed by atoms with Crippen molar-refractivity contribution in [1.29, 1.82) is 0 Å². The van der Waals surface area contributed by atoms with Gasteiger partial charge in [-0.3, -0.25) is 0 Å². The minimum absolute atomic E-state index is 0.0795. The molecule has 100 valence electrons. The first-order valence-corrected chi connectivity index (χ1v) is 7.71. The van der Waals surface area contributed by atoms with E-state index in [0.717, 1.165) is 25.7 Å². The number of hydrogen-bond acceptors (Lipinski definition) is 4. The zero-order chi connectivity index (χ0) is 13.0. The SMILES string of the molecule is O=S(=O)(Cc1cccc(N[O-])c1)NC1CCCC1. The first-order valence-electron chi connectivity index (χ1n) is 6.06. The number of sulfonamides is 1. The van der Waals surface area contributed by atoms with Crippen LogP contribution < -0.4 is 10.2 Å². The quantitative estimate of drug-likeness (QED) is 0.801. The number of benzene rings is 1. The van der Waals surface area contributed by atoms with Crippen LogP contribution in [-0.2, 0) is 15.8 Å². The van der Waals surface area contributed by atoms with Gasteiger partial charge in [0.05, 0.1) is 5.75 Å². The van der Waals surface area contributed by atoms with E-state index < -0.39 is 10.0 Å². The Morgan fingerprint density at radius 1 is 1.28 bits per heavy atom. The molecule has 5 nitrogen and oxygen atoms in total. The molecule has 0 saturated heterocycles. The van der Waals surface area contributed by atoms with E-state index in [9.17, 15) is 13.6 Å². The maximum atomic E-state index is 11.9. The molecule has 1 saturated carbocycles. The molecule has 0 spiro atoms. The zero-order valence-corrected chi connectivity index (χ0v) is 10.9. The van der Waals surface area contributed by atoms with Crippen LogP contribution in [0.25, 0.3) is 0 Å². The largest absolute Gasteiger partial charge is 0.761 e. The fraction of sp³-hybridized carbons (Fsp3) is 0.500. The molecule has 0 heterocycles. The van der Waals surface area contributed by atoms with Gasteiger partial charge in [-0.15, -0.1) is 0 Å². The third-order valence-electron chi connectivity index (χ3n) is 3.10. The molecule has 18 heavy (non-hydrogen) atoms. The summed E-state index contributed by atoms with van der Waals surface area (Å²) in [6.45, 7) is 0. The van der Waals surface area contributed by atoms with Gasteiger partial charge in [-0.05, 0) is 30.5 Å². The second-order valence-electron chi connectivity index (χ2n) is 4.66. The monoisotopic (exact) mass is 269 g/mol. The number of nitrogens with one attached hydrogen (secondary N) is 2. The summed E-state index contributed by atoms with van der Waals surface area (Å²) in [6, 6.07) is 6.61. The second-order valence-corrected chi connectivity index (χ2v) is 6.41. The summed E-state index contributed by atoms with van der Waals surface area (Å²) in [4.78, 5) is 0. The lowest BCUT2D eigenvalue weighted by Crippen LogP contribution is -2.33. The highest BCUT2D eigenvalue weighted by atomic mass is 32.2. The van der Waals surface area contributed by atoms with Gasteiger partial charge in [0.1, 0.15) is 0 Å². The second kappa shape index (κ2) is 5.69. The molecule has 0 atom stereocenters. The average Bonchev–Trinajstić information content (AvgIpc) is 2.80. The smallest absolute Gasteiger partial charge is 0.216 e. The van der Waals surface area contributed by atoms with E-state index in [-0.39, 0.29) is 11.8 Å². The lowest BCUT2D eigenvalue weighted by Gasteiger charge is -2.14. The summed E-state index contributed by atoms with van der Waals surface area (Å²) in [5.74, 6) is -0.0843. The van der Waals surface area contributed by atoms with Gasteiger partial charge in [0.15, 0.2) is 0 Å². The summed E-state index contributed by atoms with van der Waals surface area (Å²) in [5, 5.41) is 10.5. The molecule has 1 fully saturated rings. The number of rotatable bonds is 5. The van der Waals surface area contributed by atoms with Crippen LogP contribution in [0.15, 0.2) is 24.3 Å². The Kier molecular flexibility index (Phi) is 4.21. The Labute approximate surface area is 107 Å². The Hall–Kier alpha value is -1.11. The van der Waals surface area contributed by atoms with Crippen LogP contribution in [0.3, 0.4) is 0 Å². The standard InChI is InChI=1S/C12H17N2O3S/c15-13-12-7-3-4-10(8-12)9-18(16,17)14-11-5-1-2-6-11/h3-4,7-8,11,13-14H,1-2,5-6,9H2/q-1. The fourth-order valence-electron chi connectivity index (χ4n) is 2.28. The molecular formula is C12H17N2O3S-. The highest BCUT2D eigenvalue weighted by Crippen LogP contribution is 2.19. The lowest BCUT2D eigenvalue weighted by atomic mass is 10.2. The molecule has 0 unspecified atom stereocenters. The van der Waals surface area contributed by atoms with Gasteiger partial charge in [0, 0.05) is 11.7 Å². The van der Waals surface area contributed by atoms with E-state index in [1.807, 2.05) is 0 Å². The Morgan fingerprint density at radius 2 is 2.00 bits per heavy atom.